The first-order valence-corrected chi connectivity index (χ1v) is 8.77. The Morgan fingerprint density at radius 2 is 1.75 bits per heavy atom. The molecule has 20 heavy (non-hydrogen) atoms. The van der Waals surface area contributed by atoms with Crippen LogP contribution in [0.3, 0.4) is 0 Å². The van der Waals surface area contributed by atoms with Crippen LogP contribution in [0.5, 0.6) is 0 Å². The third-order valence-electron chi connectivity index (χ3n) is 7.43. The summed E-state index contributed by atoms with van der Waals surface area (Å²) in [7, 11) is 0. The SMILES string of the molecule is O=C(C1C2C3CCC(C3)C12)N1CCC2(CCNCC2)C1. The Hall–Kier alpha value is -0.570. The summed E-state index contributed by atoms with van der Waals surface area (Å²) >= 11 is 0. The standard InChI is InChI=1S/C17H26N2O/c20-16(15-13-11-1-2-12(9-11)14(13)15)19-8-5-17(10-19)3-6-18-7-4-17/h11-15,18H,1-10H2. The van der Waals surface area contributed by atoms with E-state index in [9.17, 15) is 4.79 Å². The molecular weight excluding hydrogens is 248 g/mol. The van der Waals surface area contributed by atoms with Crippen molar-refractivity contribution in [1.29, 1.82) is 0 Å². The molecule has 0 aromatic carbocycles. The Kier molecular flexibility index (Phi) is 2.40. The number of nitrogens with one attached hydrogen (secondary N) is 1. The lowest BCUT2D eigenvalue weighted by atomic mass is 9.78. The number of rotatable bonds is 1. The zero-order chi connectivity index (χ0) is 13.3. The van der Waals surface area contributed by atoms with E-state index in [1.165, 1.54) is 38.5 Å². The average Bonchev–Trinajstić information content (AvgIpc) is 2.80. The summed E-state index contributed by atoms with van der Waals surface area (Å²) in [5, 5.41) is 3.46. The van der Waals surface area contributed by atoms with Gasteiger partial charge in [0.2, 0.25) is 5.91 Å². The van der Waals surface area contributed by atoms with E-state index in [4.69, 9.17) is 0 Å². The maximum absolute atomic E-state index is 12.9. The summed E-state index contributed by atoms with van der Waals surface area (Å²) in [6.07, 6.45) is 8.11. The highest BCUT2D eigenvalue weighted by Crippen LogP contribution is 2.69. The van der Waals surface area contributed by atoms with Gasteiger partial charge in [0.15, 0.2) is 0 Å². The molecule has 0 aromatic heterocycles. The molecule has 3 aliphatic carbocycles. The molecule has 5 fully saturated rings. The van der Waals surface area contributed by atoms with Crippen molar-refractivity contribution in [1.82, 2.24) is 10.2 Å². The van der Waals surface area contributed by atoms with E-state index in [0.717, 1.165) is 49.9 Å². The molecule has 3 heteroatoms. The highest BCUT2D eigenvalue weighted by molar-refractivity contribution is 5.83. The van der Waals surface area contributed by atoms with E-state index in [1.54, 1.807) is 0 Å². The van der Waals surface area contributed by atoms with Crippen LogP contribution in [0.25, 0.3) is 0 Å². The quantitative estimate of drug-likeness (QED) is 0.792. The predicted molar refractivity (Wildman–Crippen MR) is 77.0 cm³/mol. The van der Waals surface area contributed by atoms with E-state index < -0.39 is 0 Å². The number of fused-ring (bicyclic) bond motifs is 5. The van der Waals surface area contributed by atoms with E-state index in [0.29, 0.717) is 17.2 Å². The summed E-state index contributed by atoms with van der Waals surface area (Å²) < 4.78 is 0. The Labute approximate surface area is 121 Å². The highest BCUT2D eigenvalue weighted by atomic mass is 16.2. The minimum absolute atomic E-state index is 0.457. The van der Waals surface area contributed by atoms with Crippen molar-refractivity contribution in [3.05, 3.63) is 0 Å². The maximum Gasteiger partial charge on any atom is 0.226 e. The van der Waals surface area contributed by atoms with Gasteiger partial charge in [0.1, 0.15) is 0 Å². The fraction of sp³-hybridized carbons (Fsp3) is 0.941. The smallest absolute Gasteiger partial charge is 0.226 e. The number of carbonyl (C=O) groups is 1. The molecule has 5 aliphatic rings. The van der Waals surface area contributed by atoms with Crippen LogP contribution in [0.1, 0.15) is 38.5 Å². The summed E-state index contributed by atoms with van der Waals surface area (Å²) in [6, 6.07) is 0. The topological polar surface area (TPSA) is 32.3 Å². The lowest BCUT2D eigenvalue weighted by molar-refractivity contribution is -0.133. The van der Waals surface area contributed by atoms with Gasteiger partial charge >= 0.3 is 0 Å². The Morgan fingerprint density at radius 3 is 2.45 bits per heavy atom. The Morgan fingerprint density at radius 1 is 1.05 bits per heavy atom. The molecule has 1 spiro atoms. The summed E-state index contributed by atoms with van der Waals surface area (Å²) in [5.74, 6) is 4.48. The number of carbonyl (C=O) groups excluding carboxylic acids is 1. The van der Waals surface area contributed by atoms with Crippen molar-refractivity contribution in [2.45, 2.75) is 38.5 Å². The average molecular weight is 274 g/mol. The lowest BCUT2D eigenvalue weighted by Gasteiger charge is -2.33. The Balaban J connectivity index is 1.27. The van der Waals surface area contributed by atoms with Crippen LogP contribution >= 0.6 is 0 Å². The number of hydrogen-bond acceptors (Lipinski definition) is 2. The lowest BCUT2D eigenvalue weighted by Crippen LogP contribution is -2.40. The second kappa shape index (κ2) is 4.00. The molecule has 5 rings (SSSR count). The van der Waals surface area contributed by atoms with Gasteiger partial charge in [-0.25, -0.2) is 0 Å². The molecular formula is C17H26N2O. The maximum atomic E-state index is 12.9. The van der Waals surface area contributed by atoms with E-state index in [2.05, 4.69) is 10.2 Å². The van der Waals surface area contributed by atoms with Crippen LogP contribution in [0.2, 0.25) is 0 Å². The fourth-order valence-electron chi connectivity index (χ4n) is 6.35. The van der Waals surface area contributed by atoms with Crippen molar-refractivity contribution < 1.29 is 4.79 Å². The molecule has 2 saturated heterocycles. The van der Waals surface area contributed by atoms with Crippen molar-refractivity contribution in [2.75, 3.05) is 26.2 Å². The van der Waals surface area contributed by atoms with Gasteiger partial charge in [-0.15, -0.1) is 0 Å². The van der Waals surface area contributed by atoms with Crippen LogP contribution < -0.4 is 5.32 Å². The first-order chi connectivity index (χ1) is 9.77. The summed E-state index contributed by atoms with van der Waals surface area (Å²) in [4.78, 5) is 15.1. The molecule has 110 valence electrons. The summed E-state index contributed by atoms with van der Waals surface area (Å²) in [6.45, 7) is 4.42. The van der Waals surface area contributed by atoms with Gasteiger partial charge in [-0.05, 0) is 80.7 Å². The fourth-order valence-corrected chi connectivity index (χ4v) is 6.35. The molecule has 4 unspecified atom stereocenters. The first-order valence-electron chi connectivity index (χ1n) is 8.77. The van der Waals surface area contributed by atoms with Gasteiger partial charge in [0.25, 0.3) is 0 Å². The monoisotopic (exact) mass is 274 g/mol. The second-order valence-corrected chi connectivity index (χ2v) is 8.27. The molecule has 0 aromatic rings. The predicted octanol–water partition coefficient (Wildman–Crippen LogP) is 1.88. The number of piperidine rings is 1. The number of hydrogen-bond donors (Lipinski definition) is 1. The van der Waals surface area contributed by atoms with Crippen molar-refractivity contribution in [2.24, 2.45) is 35.0 Å². The number of nitrogens with zero attached hydrogens (tertiary/aromatic N) is 1. The van der Waals surface area contributed by atoms with Gasteiger partial charge < -0.3 is 10.2 Å². The number of likely N-dealkylation sites (tertiary alicyclic amines) is 1. The molecule has 2 aliphatic heterocycles. The highest BCUT2D eigenvalue weighted by Gasteiger charge is 2.68. The molecule has 3 saturated carbocycles. The Bertz CT molecular complexity index is 426. The van der Waals surface area contributed by atoms with Gasteiger partial charge in [-0.1, -0.05) is 0 Å². The van der Waals surface area contributed by atoms with Crippen LogP contribution in [0, 0.1) is 35.0 Å². The van der Waals surface area contributed by atoms with Crippen LogP contribution in [0.4, 0.5) is 0 Å². The molecule has 2 bridgehead atoms. The molecule has 2 heterocycles. The molecule has 0 radical (unpaired) electrons. The minimum atomic E-state index is 0.457. The van der Waals surface area contributed by atoms with Crippen LogP contribution in [-0.4, -0.2) is 37.0 Å². The van der Waals surface area contributed by atoms with E-state index in [1.807, 2.05) is 0 Å². The molecule has 3 nitrogen and oxygen atoms in total. The van der Waals surface area contributed by atoms with Gasteiger partial charge in [-0.2, -0.15) is 0 Å². The number of amides is 1. The van der Waals surface area contributed by atoms with Crippen molar-refractivity contribution >= 4 is 5.91 Å². The van der Waals surface area contributed by atoms with Crippen molar-refractivity contribution in [3.8, 4) is 0 Å². The third-order valence-corrected chi connectivity index (χ3v) is 7.43. The zero-order valence-electron chi connectivity index (χ0n) is 12.3. The van der Waals surface area contributed by atoms with Gasteiger partial charge in [0, 0.05) is 19.0 Å². The normalized spacial score (nSPS) is 47.8. The minimum Gasteiger partial charge on any atom is -0.342 e. The van der Waals surface area contributed by atoms with Gasteiger partial charge in [-0.3, -0.25) is 4.79 Å². The van der Waals surface area contributed by atoms with Crippen LogP contribution in [0.15, 0.2) is 0 Å². The third kappa shape index (κ3) is 1.53. The molecule has 4 atom stereocenters. The van der Waals surface area contributed by atoms with E-state index in [-0.39, 0.29) is 0 Å². The van der Waals surface area contributed by atoms with Crippen LogP contribution in [-0.2, 0) is 4.79 Å². The first kappa shape index (κ1) is 12.0. The second-order valence-electron chi connectivity index (χ2n) is 8.27. The zero-order valence-corrected chi connectivity index (χ0v) is 12.3. The molecule has 1 amide bonds. The molecule has 1 N–H and O–H groups in total. The largest absolute Gasteiger partial charge is 0.342 e. The van der Waals surface area contributed by atoms with Crippen molar-refractivity contribution in [3.63, 3.8) is 0 Å². The summed E-state index contributed by atoms with van der Waals surface area (Å²) in [5.41, 5.74) is 0.476. The van der Waals surface area contributed by atoms with E-state index >= 15 is 0 Å². The van der Waals surface area contributed by atoms with Gasteiger partial charge in [0.05, 0.1) is 0 Å².